The Kier molecular flexibility index (Phi) is 5.63. The number of carbonyl (C=O) groups excluding carboxylic acids is 1. The van der Waals surface area contributed by atoms with Gasteiger partial charge in [-0.15, -0.1) is 0 Å². The number of rotatable bonds is 4. The van der Waals surface area contributed by atoms with Crippen molar-refractivity contribution in [2.75, 3.05) is 14.2 Å². The lowest BCUT2D eigenvalue weighted by atomic mass is 9.78. The number of amides is 1. The Labute approximate surface area is 140 Å². The minimum absolute atomic E-state index is 0.186. The first-order chi connectivity index (χ1) is 11.1. The molecular weight excluding hydrogens is 290 g/mol. The number of ether oxygens (including phenoxy) is 2. The fourth-order valence-electron chi connectivity index (χ4n) is 5.36. The highest BCUT2D eigenvalue weighted by molar-refractivity contribution is 5.79. The Bertz CT molecular complexity index is 413. The first-order valence-corrected chi connectivity index (χ1v) is 9.48. The molecule has 4 heteroatoms. The lowest BCUT2D eigenvalue weighted by molar-refractivity contribution is -0.129. The molecule has 3 aliphatic carbocycles. The predicted molar refractivity (Wildman–Crippen MR) is 90.1 cm³/mol. The van der Waals surface area contributed by atoms with E-state index in [0.717, 1.165) is 38.0 Å². The van der Waals surface area contributed by atoms with E-state index in [2.05, 4.69) is 12.2 Å². The molecule has 3 fully saturated rings. The molecular formula is C19H33NO3. The van der Waals surface area contributed by atoms with Crippen LogP contribution in [-0.2, 0) is 14.3 Å². The van der Waals surface area contributed by atoms with E-state index in [0.29, 0.717) is 36.0 Å². The van der Waals surface area contributed by atoms with E-state index in [9.17, 15) is 4.79 Å². The molecule has 7 unspecified atom stereocenters. The molecule has 0 aromatic rings. The van der Waals surface area contributed by atoms with E-state index >= 15 is 0 Å². The number of fused-ring (bicyclic) bond motifs is 1. The molecule has 23 heavy (non-hydrogen) atoms. The molecule has 0 aromatic carbocycles. The Morgan fingerprint density at radius 2 is 1.78 bits per heavy atom. The van der Waals surface area contributed by atoms with Crippen LogP contribution in [-0.4, -0.2) is 38.4 Å². The topological polar surface area (TPSA) is 47.6 Å². The highest BCUT2D eigenvalue weighted by Crippen LogP contribution is 2.43. The van der Waals surface area contributed by atoms with Crippen molar-refractivity contribution in [2.24, 2.45) is 23.7 Å². The van der Waals surface area contributed by atoms with Crippen LogP contribution >= 0.6 is 0 Å². The number of nitrogens with one attached hydrogen (secondary N) is 1. The fourth-order valence-corrected chi connectivity index (χ4v) is 5.36. The van der Waals surface area contributed by atoms with Crippen LogP contribution in [0, 0.1) is 23.7 Å². The Morgan fingerprint density at radius 1 is 0.957 bits per heavy atom. The summed E-state index contributed by atoms with van der Waals surface area (Å²) in [5.41, 5.74) is 0. The molecule has 0 radical (unpaired) electrons. The van der Waals surface area contributed by atoms with Crippen molar-refractivity contribution in [1.29, 1.82) is 0 Å². The largest absolute Gasteiger partial charge is 0.381 e. The fraction of sp³-hybridized carbons (Fsp3) is 0.947. The number of hydrogen-bond donors (Lipinski definition) is 1. The van der Waals surface area contributed by atoms with Crippen LogP contribution in [0.3, 0.4) is 0 Å². The predicted octanol–water partition coefficient (Wildman–Crippen LogP) is 3.15. The molecule has 7 atom stereocenters. The zero-order valence-electron chi connectivity index (χ0n) is 14.9. The summed E-state index contributed by atoms with van der Waals surface area (Å²) in [5.74, 6) is 2.40. The van der Waals surface area contributed by atoms with E-state index < -0.39 is 0 Å². The van der Waals surface area contributed by atoms with Gasteiger partial charge in [0.15, 0.2) is 0 Å². The smallest absolute Gasteiger partial charge is 0.223 e. The van der Waals surface area contributed by atoms with Crippen molar-refractivity contribution in [2.45, 2.75) is 76.5 Å². The molecule has 132 valence electrons. The number of carbonyl (C=O) groups is 1. The Morgan fingerprint density at radius 3 is 2.48 bits per heavy atom. The zero-order valence-corrected chi connectivity index (χ0v) is 14.9. The Hall–Kier alpha value is -0.610. The van der Waals surface area contributed by atoms with Crippen molar-refractivity contribution < 1.29 is 14.3 Å². The van der Waals surface area contributed by atoms with E-state index in [4.69, 9.17) is 9.47 Å². The van der Waals surface area contributed by atoms with E-state index in [1.54, 1.807) is 7.11 Å². The van der Waals surface area contributed by atoms with Gasteiger partial charge in [-0.25, -0.2) is 0 Å². The molecule has 4 nitrogen and oxygen atoms in total. The first kappa shape index (κ1) is 17.2. The van der Waals surface area contributed by atoms with E-state index in [-0.39, 0.29) is 5.92 Å². The third-order valence-electron chi connectivity index (χ3n) is 6.78. The third-order valence-corrected chi connectivity index (χ3v) is 6.78. The summed E-state index contributed by atoms with van der Waals surface area (Å²) in [6.45, 7) is 2.21. The van der Waals surface area contributed by atoms with Crippen molar-refractivity contribution in [1.82, 2.24) is 5.32 Å². The quantitative estimate of drug-likeness (QED) is 0.864. The highest BCUT2D eigenvalue weighted by atomic mass is 16.5. The molecule has 1 N–H and O–H groups in total. The molecule has 1 amide bonds. The summed E-state index contributed by atoms with van der Waals surface area (Å²) < 4.78 is 11.1. The summed E-state index contributed by atoms with van der Waals surface area (Å²) in [7, 11) is 3.62. The summed E-state index contributed by atoms with van der Waals surface area (Å²) in [6, 6.07) is 0.403. The minimum Gasteiger partial charge on any atom is -0.381 e. The second-order valence-corrected chi connectivity index (χ2v) is 8.05. The van der Waals surface area contributed by atoms with Gasteiger partial charge in [0.2, 0.25) is 5.91 Å². The monoisotopic (exact) mass is 323 g/mol. The van der Waals surface area contributed by atoms with E-state index in [1.165, 1.54) is 19.3 Å². The first-order valence-electron chi connectivity index (χ1n) is 9.48. The molecule has 3 aliphatic rings. The summed E-state index contributed by atoms with van der Waals surface area (Å²) in [5, 5.41) is 3.41. The summed E-state index contributed by atoms with van der Waals surface area (Å²) >= 11 is 0. The maximum atomic E-state index is 12.7. The van der Waals surface area contributed by atoms with Crippen molar-refractivity contribution in [3.05, 3.63) is 0 Å². The van der Waals surface area contributed by atoms with Gasteiger partial charge in [-0.1, -0.05) is 6.92 Å². The normalized spacial score (nSPS) is 43.9. The average molecular weight is 323 g/mol. The van der Waals surface area contributed by atoms with Crippen LogP contribution in [0.4, 0.5) is 0 Å². The van der Waals surface area contributed by atoms with Crippen LogP contribution in [0.1, 0.15) is 58.3 Å². The maximum absolute atomic E-state index is 12.7. The highest BCUT2D eigenvalue weighted by Gasteiger charge is 2.42. The summed E-state index contributed by atoms with van der Waals surface area (Å²) in [4.78, 5) is 12.7. The van der Waals surface area contributed by atoms with Gasteiger partial charge >= 0.3 is 0 Å². The minimum atomic E-state index is 0.186. The Balaban J connectivity index is 1.51. The maximum Gasteiger partial charge on any atom is 0.223 e. The average Bonchev–Trinajstić information content (AvgIpc) is 2.96. The van der Waals surface area contributed by atoms with Gasteiger partial charge in [0.1, 0.15) is 0 Å². The second-order valence-electron chi connectivity index (χ2n) is 8.05. The molecule has 0 spiro atoms. The standard InChI is InChI=1S/C19H33NO3/c1-12-10-14(5-9-18(12)23-3)19(21)20-17-8-4-13-11-15(22-2)6-7-16(13)17/h12-18H,4-11H2,1-3H3,(H,20,21). The van der Waals surface area contributed by atoms with Crippen LogP contribution < -0.4 is 5.32 Å². The number of hydrogen-bond acceptors (Lipinski definition) is 3. The van der Waals surface area contributed by atoms with Crippen LogP contribution in [0.25, 0.3) is 0 Å². The zero-order chi connectivity index (χ0) is 16.4. The SMILES string of the molecule is COC1CCC2C(CCC2NC(=O)C2CCC(OC)C(C)C2)C1. The van der Waals surface area contributed by atoms with Crippen LogP contribution in [0.5, 0.6) is 0 Å². The molecule has 3 saturated carbocycles. The van der Waals surface area contributed by atoms with Crippen molar-refractivity contribution in [3.63, 3.8) is 0 Å². The van der Waals surface area contributed by atoms with Gasteiger partial charge in [-0.05, 0) is 69.1 Å². The lowest BCUT2D eigenvalue weighted by Crippen LogP contribution is -2.45. The molecule has 0 saturated heterocycles. The van der Waals surface area contributed by atoms with E-state index in [1.807, 2.05) is 7.11 Å². The van der Waals surface area contributed by atoms with Crippen molar-refractivity contribution in [3.8, 4) is 0 Å². The van der Waals surface area contributed by atoms with Gasteiger partial charge in [-0.3, -0.25) is 4.79 Å². The second kappa shape index (κ2) is 7.52. The van der Waals surface area contributed by atoms with Gasteiger partial charge < -0.3 is 14.8 Å². The molecule has 3 rings (SSSR count). The number of methoxy groups -OCH3 is 2. The van der Waals surface area contributed by atoms with Gasteiger partial charge in [0, 0.05) is 26.2 Å². The van der Waals surface area contributed by atoms with Gasteiger partial charge in [0.05, 0.1) is 12.2 Å². The van der Waals surface area contributed by atoms with Crippen LogP contribution in [0.2, 0.25) is 0 Å². The molecule has 0 aromatic heterocycles. The molecule has 0 bridgehead atoms. The summed E-state index contributed by atoms with van der Waals surface area (Å²) in [6.07, 6.45) is 9.68. The van der Waals surface area contributed by atoms with Crippen LogP contribution in [0.15, 0.2) is 0 Å². The lowest BCUT2D eigenvalue weighted by Gasteiger charge is -2.36. The van der Waals surface area contributed by atoms with Crippen molar-refractivity contribution >= 4 is 5.91 Å². The third kappa shape index (κ3) is 3.74. The molecule has 0 aliphatic heterocycles. The van der Waals surface area contributed by atoms with Gasteiger partial charge in [0.25, 0.3) is 0 Å². The van der Waals surface area contributed by atoms with Gasteiger partial charge in [-0.2, -0.15) is 0 Å². The molecule has 0 heterocycles.